The summed E-state index contributed by atoms with van der Waals surface area (Å²) >= 11 is 0. The van der Waals surface area contributed by atoms with Crippen molar-refractivity contribution in [2.45, 2.75) is 360 Å². The van der Waals surface area contributed by atoms with Gasteiger partial charge in [-0.15, -0.1) is 0 Å². The van der Waals surface area contributed by atoms with E-state index in [9.17, 15) is 112 Å². The fraction of sp³-hybridized carbons (Fsp3) is 0.933. The highest BCUT2D eigenvalue weighted by molar-refractivity contribution is 5.79. The van der Waals surface area contributed by atoms with E-state index in [1.807, 2.05) is 0 Å². The fourth-order valence-corrected chi connectivity index (χ4v) is 21.3. The van der Waals surface area contributed by atoms with Crippen molar-refractivity contribution in [1.29, 1.82) is 0 Å². The second-order valence-electron chi connectivity index (χ2n) is 35.8. The first-order valence-corrected chi connectivity index (χ1v) is 39.7. The standard InChI is InChI=1S/C75H118O39/c1-26-38(81)42(85)47(90)64(102-26)108-54-28(3)104-67(52(95)57(54)111-65-49(92)44(87)53(27(2)103-65)107-63-51(94)55(33(80)24-101-63)109-61-45(88)39(82)31(78)22-99-61)114-69(98)75-18-16-70(4,5)20-30(75)29-10-11-36-71(6)14-13-37(72(7,25-77)35(71)12-15-74(36,9)73(29,8)17-19-75)106-68-59(113-66-48(91)43(86)41(84)34(21-76)105-66)56(50(93)58(112-68)60(96)97)110-62-46(89)40(83)32(79)23-100-62/h10,25-28,30-59,61-68,76,78-95H,11-24H2,1-9H3,(H,96,97)/t26-,27-,28+,30?,31+,32+,33+,34+,35?,36?,37-,38-,39-,40-,41-,42+,43-,44-,45+,46+,47+,48+,49+,50-,51+,52+,53-,54-,55-,56-,57+,58-,59+,61-,62-,63-,64-,65-,66-,67-,68+,71-,72-,73+,74+,75-/m0/s1. The number of aldehydes is 1. The van der Waals surface area contributed by atoms with Crippen molar-refractivity contribution in [3.05, 3.63) is 11.6 Å². The molecule has 46 atom stereocenters. The van der Waals surface area contributed by atoms with Crippen molar-refractivity contribution in [2.24, 2.45) is 50.2 Å². The molecule has 8 heterocycles. The highest BCUT2D eigenvalue weighted by Gasteiger charge is 2.72. The summed E-state index contributed by atoms with van der Waals surface area (Å²) in [7, 11) is 0. The Hall–Kier alpha value is -3.01. The number of aliphatic carboxylic acids is 1. The molecule has 13 rings (SSSR count). The zero-order valence-electron chi connectivity index (χ0n) is 64.9. The molecule has 3 unspecified atom stereocenters. The minimum Gasteiger partial charge on any atom is -0.479 e. The van der Waals surface area contributed by atoms with Crippen LogP contribution in [0.4, 0.5) is 0 Å². The summed E-state index contributed by atoms with van der Waals surface area (Å²) in [5.74, 6) is -3.48. The van der Waals surface area contributed by atoms with Crippen LogP contribution < -0.4 is 0 Å². The smallest absolute Gasteiger partial charge is 0.335 e. The van der Waals surface area contributed by atoms with E-state index < -0.39 is 311 Å². The predicted molar refractivity (Wildman–Crippen MR) is 372 cm³/mol. The Balaban J connectivity index is 0.743. The molecular formula is C75H118O39. The first-order chi connectivity index (χ1) is 53.5. The molecule has 652 valence electrons. The molecule has 0 radical (unpaired) electrons. The van der Waals surface area contributed by atoms with Crippen molar-refractivity contribution in [3.63, 3.8) is 0 Å². The maximum Gasteiger partial charge on any atom is 0.335 e. The fourth-order valence-electron chi connectivity index (χ4n) is 21.3. The summed E-state index contributed by atoms with van der Waals surface area (Å²) in [6.07, 6.45) is -59.7. The van der Waals surface area contributed by atoms with E-state index in [-0.39, 0.29) is 17.8 Å². The number of carboxylic acids is 1. The molecule has 20 N–H and O–H groups in total. The molecule has 4 saturated carbocycles. The third kappa shape index (κ3) is 15.5. The van der Waals surface area contributed by atoms with E-state index in [4.69, 9.17) is 75.8 Å². The van der Waals surface area contributed by atoms with Gasteiger partial charge in [0.2, 0.25) is 6.29 Å². The van der Waals surface area contributed by atoms with Crippen LogP contribution in [0.2, 0.25) is 0 Å². The molecule has 5 aliphatic carbocycles. The molecule has 13 aliphatic rings. The van der Waals surface area contributed by atoms with Gasteiger partial charge in [-0.05, 0) is 124 Å². The van der Waals surface area contributed by atoms with Crippen LogP contribution in [0.3, 0.4) is 0 Å². The van der Waals surface area contributed by atoms with E-state index in [1.165, 1.54) is 20.8 Å². The van der Waals surface area contributed by atoms with Gasteiger partial charge in [-0.2, -0.15) is 0 Å². The molecule has 0 spiro atoms. The third-order valence-corrected chi connectivity index (χ3v) is 28.5. The number of aliphatic hydroxyl groups is 19. The first kappa shape index (κ1) is 88.8. The van der Waals surface area contributed by atoms with Crippen LogP contribution in [0.1, 0.15) is 127 Å². The topological polar surface area (TPSA) is 603 Å². The van der Waals surface area contributed by atoms with Crippen LogP contribution in [0, 0.1) is 50.2 Å². The second kappa shape index (κ2) is 33.7. The molecular weight excluding hydrogens is 1520 g/mol. The SMILES string of the molecule is C[C@@H]1O[C@@H](O[C@@H]2[C@H](O[C@@H]3O[C@@H](C)[C@H](O[C@@H]4OC[C@@H](O)[C@H](O[C@@H]5OC[C@@H](O)[C@H](O)[C@H]5O)[C@H]4O)[C@@H](O)[C@H]3O)[C@@H](O)[C@H](OC(=O)[C@]34CCC(C)(C)CC3C3=CCC5[C@@]6(C)CC[C@H](O[C@@H]7O[C@H](C(=O)O)[C@@H](O)[C@H](O[C@@H]8OC[C@@H](O)[C@H](O)[C@H]8O)[C@H]7O[C@@H]7O[C@H](CO)[C@H](O)[C@H](O)[C@H]7O)[C@@](C)(C=O)C6CC[C@@]5(C)[C@]3(C)CC4)O[C@@H]2C)[C@H](O)[C@H](O)[C@H]1O. The highest BCUT2D eigenvalue weighted by Crippen LogP contribution is 2.76. The molecule has 0 aromatic carbocycles. The van der Waals surface area contributed by atoms with Crippen LogP contribution in [0.25, 0.3) is 0 Å². The molecule has 39 nitrogen and oxygen atoms in total. The van der Waals surface area contributed by atoms with E-state index in [2.05, 4.69) is 40.7 Å². The number of ether oxygens (including phenoxy) is 16. The number of fused-ring (bicyclic) bond motifs is 7. The average Bonchev–Trinajstić information content (AvgIpc) is 0.673. The lowest BCUT2D eigenvalue weighted by Crippen LogP contribution is -2.69. The van der Waals surface area contributed by atoms with Gasteiger partial charge in [0.15, 0.2) is 50.1 Å². The van der Waals surface area contributed by atoms with E-state index in [0.29, 0.717) is 57.8 Å². The van der Waals surface area contributed by atoms with Gasteiger partial charge in [0.1, 0.15) is 159 Å². The Bertz CT molecular complexity index is 3360. The van der Waals surface area contributed by atoms with E-state index in [1.54, 1.807) is 6.92 Å². The van der Waals surface area contributed by atoms with Crippen LogP contribution in [0.15, 0.2) is 11.6 Å². The largest absolute Gasteiger partial charge is 0.479 e. The van der Waals surface area contributed by atoms with Crippen LogP contribution >= 0.6 is 0 Å². The Labute approximate surface area is 656 Å². The van der Waals surface area contributed by atoms with Gasteiger partial charge in [0, 0.05) is 0 Å². The van der Waals surface area contributed by atoms with Gasteiger partial charge in [0.05, 0.1) is 61.7 Å². The number of aliphatic hydroxyl groups excluding tert-OH is 19. The lowest BCUT2D eigenvalue weighted by Gasteiger charge is -2.71. The average molecular weight is 1640 g/mol. The summed E-state index contributed by atoms with van der Waals surface area (Å²) in [6, 6.07) is 0. The number of hydrogen-bond donors (Lipinski definition) is 20. The van der Waals surface area contributed by atoms with Gasteiger partial charge in [-0.1, -0.05) is 53.2 Å². The Kier molecular flexibility index (Phi) is 26.2. The number of allylic oxidation sites excluding steroid dienone is 2. The van der Waals surface area contributed by atoms with Gasteiger partial charge < -0.3 is 183 Å². The van der Waals surface area contributed by atoms with Crippen molar-refractivity contribution in [1.82, 2.24) is 0 Å². The van der Waals surface area contributed by atoms with E-state index in [0.717, 1.165) is 11.9 Å². The number of rotatable bonds is 19. The summed E-state index contributed by atoms with van der Waals surface area (Å²) in [6.45, 7) is 14.4. The lowest BCUT2D eigenvalue weighted by atomic mass is 9.33. The molecule has 0 bridgehead atoms. The number of carbonyl (C=O) groups is 3. The van der Waals surface area contributed by atoms with Crippen LogP contribution in [-0.4, -0.2) is 380 Å². The Morgan fingerprint density at radius 1 is 0.447 bits per heavy atom. The normalized spacial score (nSPS) is 55.1. The Morgan fingerprint density at radius 2 is 0.939 bits per heavy atom. The van der Waals surface area contributed by atoms with Gasteiger partial charge in [-0.25, -0.2) is 4.79 Å². The number of carbonyl (C=O) groups excluding carboxylic acids is 2. The summed E-state index contributed by atoms with van der Waals surface area (Å²) in [4.78, 5) is 43.3. The number of hydrogen-bond acceptors (Lipinski definition) is 38. The highest BCUT2D eigenvalue weighted by atomic mass is 16.8. The molecule has 8 aliphatic heterocycles. The molecule has 12 fully saturated rings. The second-order valence-corrected chi connectivity index (χ2v) is 35.8. The third-order valence-electron chi connectivity index (χ3n) is 28.5. The van der Waals surface area contributed by atoms with Crippen LogP contribution in [-0.2, 0) is 90.2 Å². The molecule has 39 heteroatoms. The molecule has 0 amide bonds. The molecule has 114 heavy (non-hydrogen) atoms. The molecule has 0 aromatic rings. The van der Waals surface area contributed by atoms with Crippen molar-refractivity contribution < 1.29 is 192 Å². The minimum atomic E-state index is -2.22. The maximum atomic E-state index is 15.9. The van der Waals surface area contributed by atoms with Gasteiger partial charge in [-0.3, -0.25) is 4.79 Å². The predicted octanol–water partition coefficient (Wildman–Crippen LogP) is -6.47. The first-order valence-electron chi connectivity index (χ1n) is 39.7. The zero-order chi connectivity index (χ0) is 83.0. The van der Waals surface area contributed by atoms with Gasteiger partial charge >= 0.3 is 11.9 Å². The zero-order valence-corrected chi connectivity index (χ0v) is 64.9. The summed E-state index contributed by atoms with van der Waals surface area (Å²) < 4.78 is 96.6. The minimum absolute atomic E-state index is 0.126. The lowest BCUT2D eigenvalue weighted by molar-refractivity contribution is -0.391. The van der Waals surface area contributed by atoms with Gasteiger partial charge in [0.25, 0.3) is 0 Å². The quantitative estimate of drug-likeness (QED) is 0.0247. The summed E-state index contributed by atoms with van der Waals surface area (Å²) in [5.41, 5.74) is -3.71. The number of carboxylic acid groups (broad SMARTS) is 1. The van der Waals surface area contributed by atoms with Crippen molar-refractivity contribution in [3.8, 4) is 0 Å². The van der Waals surface area contributed by atoms with Crippen molar-refractivity contribution in [2.75, 3.05) is 26.4 Å². The maximum absolute atomic E-state index is 15.9. The number of esters is 1. The molecule has 8 saturated heterocycles. The Morgan fingerprint density at radius 3 is 1.55 bits per heavy atom. The van der Waals surface area contributed by atoms with Crippen LogP contribution in [0.5, 0.6) is 0 Å². The monoisotopic (exact) mass is 1640 g/mol. The summed E-state index contributed by atoms with van der Waals surface area (Å²) in [5, 5.41) is 220. The van der Waals surface area contributed by atoms with E-state index >= 15 is 4.79 Å². The molecule has 0 aromatic heterocycles. The van der Waals surface area contributed by atoms with Crippen molar-refractivity contribution >= 4 is 18.2 Å².